The fourth-order valence-electron chi connectivity index (χ4n) is 3.05. The number of anilines is 1. The van der Waals surface area contributed by atoms with Crippen LogP contribution in [0.1, 0.15) is 17.7 Å². The number of aromatic amines is 1. The van der Waals surface area contributed by atoms with Crippen LogP contribution in [0, 0.1) is 0 Å². The zero-order valence-electron chi connectivity index (χ0n) is 15.2. The maximum absolute atomic E-state index is 12.8. The Morgan fingerprint density at radius 3 is 2.93 bits per heavy atom. The molecule has 11 heteroatoms. The predicted octanol–water partition coefficient (Wildman–Crippen LogP) is 2.62. The Morgan fingerprint density at radius 2 is 2.21 bits per heavy atom. The molecule has 0 aliphatic carbocycles. The molecule has 2 aromatic rings. The molecular formula is C18H18ClF3N6O. The number of rotatable bonds is 4. The molecule has 1 aliphatic heterocycles. The average molecular weight is 427 g/mol. The monoisotopic (exact) mass is 426 g/mol. The van der Waals surface area contributed by atoms with E-state index >= 15 is 0 Å². The Kier molecular flexibility index (Phi) is 6.21. The molecule has 29 heavy (non-hydrogen) atoms. The van der Waals surface area contributed by atoms with Gasteiger partial charge in [-0.2, -0.15) is 18.3 Å². The number of nitrogens with two attached hydrogens (primary N) is 1. The molecule has 3 rings (SSSR count). The molecule has 154 valence electrons. The summed E-state index contributed by atoms with van der Waals surface area (Å²) < 4.78 is 38.3. The van der Waals surface area contributed by atoms with Gasteiger partial charge in [0.2, 0.25) is 0 Å². The number of aromatic nitrogens is 3. The van der Waals surface area contributed by atoms with Gasteiger partial charge in [-0.1, -0.05) is 17.7 Å². The number of pyridine rings is 1. The van der Waals surface area contributed by atoms with Gasteiger partial charge >= 0.3 is 6.18 Å². The van der Waals surface area contributed by atoms with E-state index in [1.807, 2.05) is 4.90 Å². The smallest absolute Gasteiger partial charge is 0.394 e. The largest absolute Gasteiger partial charge is 0.404 e. The summed E-state index contributed by atoms with van der Waals surface area (Å²) in [5, 5.41) is 6.05. The maximum atomic E-state index is 12.8. The second-order valence-electron chi connectivity index (χ2n) is 6.43. The Hall–Kier alpha value is -2.88. The van der Waals surface area contributed by atoms with Crippen LogP contribution in [0.4, 0.5) is 18.9 Å². The van der Waals surface area contributed by atoms with Gasteiger partial charge in [-0.3, -0.25) is 14.8 Å². The third-order valence-electron chi connectivity index (χ3n) is 4.46. The Balaban J connectivity index is 1.77. The first-order valence-electron chi connectivity index (χ1n) is 8.70. The van der Waals surface area contributed by atoms with Gasteiger partial charge in [0.1, 0.15) is 5.02 Å². The van der Waals surface area contributed by atoms with E-state index in [1.165, 1.54) is 18.6 Å². The summed E-state index contributed by atoms with van der Waals surface area (Å²) in [4.78, 5) is 21.8. The average Bonchev–Trinajstić information content (AvgIpc) is 2.68. The number of piperidine rings is 1. The lowest BCUT2D eigenvalue weighted by Crippen LogP contribution is -2.37. The first-order chi connectivity index (χ1) is 13.8. The van der Waals surface area contributed by atoms with Crippen LogP contribution in [0.3, 0.4) is 0 Å². The molecule has 0 saturated carbocycles. The van der Waals surface area contributed by atoms with Crippen LogP contribution in [0.5, 0.6) is 0 Å². The summed E-state index contributed by atoms with van der Waals surface area (Å²) in [7, 11) is 0. The predicted molar refractivity (Wildman–Crippen MR) is 104 cm³/mol. The van der Waals surface area contributed by atoms with E-state index in [0.717, 1.165) is 0 Å². The lowest BCUT2D eigenvalue weighted by molar-refractivity contribution is -0.127. The number of hydrogen-bond donors (Lipinski definition) is 2. The fraction of sp³-hybridized carbons (Fsp3) is 0.333. The molecule has 0 amide bonds. The molecule has 1 saturated heterocycles. The second kappa shape index (κ2) is 8.64. The third-order valence-corrected chi connectivity index (χ3v) is 4.83. The molecule has 0 atom stereocenters. The van der Waals surface area contributed by atoms with Crippen LogP contribution >= 0.6 is 11.6 Å². The number of aliphatic imine (C=N–C) groups is 1. The topological polar surface area (TPSA) is 100 Å². The molecule has 2 aromatic heterocycles. The molecule has 0 unspecified atom stereocenters. The van der Waals surface area contributed by atoms with Crippen molar-refractivity contribution in [2.75, 3.05) is 18.0 Å². The Bertz CT molecular complexity index is 1000. The highest BCUT2D eigenvalue weighted by Gasteiger charge is 2.29. The van der Waals surface area contributed by atoms with Crippen LogP contribution in [0.15, 0.2) is 46.1 Å². The van der Waals surface area contributed by atoms with E-state index in [2.05, 4.69) is 20.2 Å². The molecule has 0 aromatic carbocycles. The lowest BCUT2D eigenvalue weighted by atomic mass is 10.0. The molecule has 1 aliphatic rings. The number of hydrogen-bond acceptors (Lipinski definition) is 6. The standard InChI is InChI=1S/C18H18ClF3N6O/c19-16-15(9-26-27-17(16)29)28-5-3-13(12(7-23)10-28)25-8-11-2-1-4-24-14(11)6-18(20,21)22/h1-2,4,7,9H,3,5-6,8,10,23H2,(H,27,29)/b12-7-,25-13?. The number of alkyl halides is 3. The molecule has 3 N–H and O–H groups in total. The van der Waals surface area contributed by atoms with Crippen molar-refractivity contribution in [3.63, 3.8) is 0 Å². The van der Waals surface area contributed by atoms with Crippen LogP contribution < -0.4 is 16.2 Å². The minimum atomic E-state index is -4.34. The van der Waals surface area contributed by atoms with E-state index in [9.17, 15) is 18.0 Å². The summed E-state index contributed by atoms with van der Waals surface area (Å²) in [6, 6.07) is 3.17. The highest BCUT2D eigenvalue weighted by atomic mass is 35.5. The molecule has 7 nitrogen and oxygen atoms in total. The van der Waals surface area contributed by atoms with Crippen molar-refractivity contribution in [1.82, 2.24) is 15.2 Å². The number of nitrogens with one attached hydrogen (secondary N) is 1. The van der Waals surface area contributed by atoms with Crippen LogP contribution in [-0.2, 0) is 13.0 Å². The Labute approximate surface area is 169 Å². The normalized spacial score (nSPS) is 17.9. The molecule has 0 spiro atoms. The van der Waals surface area contributed by atoms with Gasteiger partial charge in [0, 0.05) is 43.2 Å². The van der Waals surface area contributed by atoms with E-state index in [0.29, 0.717) is 42.0 Å². The third kappa shape index (κ3) is 5.14. The van der Waals surface area contributed by atoms with Crippen LogP contribution in [0.2, 0.25) is 5.02 Å². The van der Waals surface area contributed by atoms with Gasteiger partial charge in [-0.05, 0) is 11.6 Å². The SMILES string of the molecule is N/C=C1/CN(c2cn[nH]c(=O)c2Cl)CCC1=NCc1cccnc1CC(F)(F)F. The lowest BCUT2D eigenvalue weighted by Gasteiger charge is -2.31. The molecule has 1 fully saturated rings. The molecule has 0 bridgehead atoms. The minimum absolute atomic E-state index is 0.0314. The van der Waals surface area contributed by atoms with Crippen molar-refractivity contribution in [3.8, 4) is 0 Å². The van der Waals surface area contributed by atoms with Crippen LogP contribution in [-0.4, -0.2) is 40.2 Å². The first-order valence-corrected chi connectivity index (χ1v) is 9.08. The van der Waals surface area contributed by atoms with Gasteiger partial charge in [0.25, 0.3) is 5.56 Å². The van der Waals surface area contributed by atoms with E-state index < -0.39 is 18.2 Å². The van der Waals surface area contributed by atoms with E-state index in [-0.39, 0.29) is 17.3 Å². The fourth-order valence-corrected chi connectivity index (χ4v) is 3.26. The maximum Gasteiger partial charge on any atom is 0.394 e. The summed E-state index contributed by atoms with van der Waals surface area (Å²) in [6.07, 6.45) is -0.763. The quantitative estimate of drug-likeness (QED) is 0.782. The summed E-state index contributed by atoms with van der Waals surface area (Å²) in [6.45, 7) is 0.922. The molecular weight excluding hydrogens is 409 g/mol. The highest BCUT2D eigenvalue weighted by molar-refractivity contribution is 6.33. The van der Waals surface area contributed by atoms with Gasteiger partial charge in [-0.25, -0.2) is 5.10 Å². The second-order valence-corrected chi connectivity index (χ2v) is 6.80. The van der Waals surface area contributed by atoms with Crippen molar-refractivity contribution in [2.24, 2.45) is 10.7 Å². The van der Waals surface area contributed by atoms with E-state index in [1.54, 1.807) is 12.1 Å². The zero-order valence-corrected chi connectivity index (χ0v) is 16.0. The molecule has 3 heterocycles. The van der Waals surface area contributed by atoms with Gasteiger partial charge in [0.05, 0.1) is 30.5 Å². The van der Waals surface area contributed by atoms with Crippen molar-refractivity contribution in [1.29, 1.82) is 0 Å². The van der Waals surface area contributed by atoms with E-state index in [4.69, 9.17) is 17.3 Å². The number of nitrogens with zero attached hydrogens (tertiary/aromatic N) is 4. The van der Waals surface area contributed by atoms with Crippen molar-refractivity contribution >= 4 is 23.0 Å². The van der Waals surface area contributed by atoms with Crippen molar-refractivity contribution < 1.29 is 13.2 Å². The van der Waals surface area contributed by atoms with Gasteiger partial charge < -0.3 is 10.6 Å². The van der Waals surface area contributed by atoms with Gasteiger partial charge in [-0.15, -0.1) is 0 Å². The minimum Gasteiger partial charge on any atom is -0.404 e. The summed E-state index contributed by atoms with van der Waals surface area (Å²) in [5.74, 6) is 0. The number of H-pyrrole nitrogens is 1. The van der Waals surface area contributed by atoms with Crippen molar-refractivity contribution in [2.45, 2.75) is 25.6 Å². The summed E-state index contributed by atoms with van der Waals surface area (Å²) >= 11 is 6.06. The van der Waals surface area contributed by atoms with Crippen molar-refractivity contribution in [3.05, 3.63) is 62.9 Å². The summed E-state index contributed by atoms with van der Waals surface area (Å²) in [5.41, 5.74) is 7.50. The van der Waals surface area contributed by atoms with Crippen LogP contribution in [0.25, 0.3) is 0 Å². The molecule has 0 radical (unpaired) electrons. The number of halogens is 4. The van der Waals surface area contributed by atoms with Gasteiger partial charge in [0.15, 0.2) is 0 Å². The first kappa shape index (κ1) is 20.8. The highest BCUT2D eigenvalue weighted by Crippen LogP contribution is 2.26. The zero-order chi connectivity index (χ0) is 21.0. The Morgan fingerprint density at radius 1 is 1.41 bits per heavy atom.